The Morgan fingerprint density at radius 3 is 2.77 bits per heavy atom. The van der Waals surface area contributed by atoms with Crippen LogP contribution >= 0.6 is 0 Å². The smallest absolute Gasteiger partial charge is 0.128 e. The van der Waals surface area contributed by atoms with Gasteiger partial charge in [0.1, 0.15) is 11.6 Å². The SMILES string of the molecule is Nc1cc(F)cc(OCCCO)c1. The van der Waals surface area contributed by atoms with Gasteiger partial charge < -0.3 is 15.6 Å². The monoisotopic (exact) mass is 185 g/mol. The lowest BCUT2D eigenvalue weighted by atomic mass is 10.3. The quantitative estimate of drug-likeness (QED) is 0.547. The zero-order valence-corrected chi connectivity index (χ0v) is 7.16. The van der Waals surface area contributed by atoms with E-state index in [4.69, 9.17) is 15.6 Å². The standard InChI is InChI=1S/C9H12FNO2/c10-7-4-8(11)6-9(5-7)13-3-1-2-12/h4-6,12H,1-3,11H2. The van der Waals surface area contributed by atoms with Crippen LogP contribution in [0.3, 0.4) is 0 Å². The van der Waals surface area contributed by atoms with Crippen LogP contribution in [-0.2, 0) is 0 Å². The largest absolute Gasteiger partial charge is 0.493 e. The van der Waals surface area contributed by atoms with Gasteiger partial charge in [0.25, 0.3) is 0 Å². The van der Waals surface area contributed by atoms with Gasteiger partial charge in [0.05, 0.1) is 6.61 Å². The predicted octanol–water partition coefficient (Wildman–Crippen LogP) is 1.17. The van der Waals surface area contributed by atoms with Gasteiger partial charge in [0.2, 0.25) is 0 Å². The highest BCUT2D eigenvalue weighted by Gasteiger charge is 1.98. The summed E-state index contributed by atoms with van der Waals surface area (Å²) in [5.41, 5.74) is 5.73. The molecule has 1 aromatic carbocycles. The molecule has 0 aromatic heterocycles. The van der Waals surface area contributed by atoms with Crippen LogP contribution in [0, 0.1) is 5.82 Å². The second-order valence-corrected chi connectivity index (χ2v) is 2.65. The van der Waals surface area contributed by atoms with E-state index < -0.39 is 5.82 Å². The van der Waals surface area contributed by atoms with E-state index in [1.54, 1.807) is 6.07 Å². The Kier molecular flexibility index (Phi) is 3.52. The molecule has 0 spiro atoms. The first-order valence-corrected chi connectivity index (χ1v) is 4.02. The summed E-state index contributed by atoms with van der Waals surface area (Å²) in [5.74, 6) is -0.0232. The highest BCUT2D eigenvalue weighted by molar-refractivity contribution is 5.44. The van der Waals surface area contributed by atoms with Gasteiger partial charge in [-0.2, -0.15) is 0 Å². The van der Waals surface area contributed by atoms with Gasteiger partial charge in [-0.05, 0) is 6.07 Å². The average Bonchev–Trinajstić information content (AvgIpc) is 2.03. The zero-order chi connectivity index (χ0) is 9.68. The summed E-state index contributed by atoms with van der Waals surface area (Å²) in [7, 11) is 0. The average molecular weight is 185 g/mol. The number of hydrogen-bond acceptors (Lipinski definition) is 3. The van der Waals surface area contributed by atoms with Crippen molar-refractivity contribution in [3.05, 3.63) is 24.0 Å². The number of rotatable bonds is 4. The number of nitrogens with two attached hydrogens (primary N) is 1. The highest BCUT2D eigenvalue weighted by atomic mass is 19.1. The molecule has 72 valence electrons. The van der Waals surface area contributed by atoms with E-state index in [9.17, 15) is 4.39 Å². The Morgan fingerprint density at radius 2 is 2.15 bits per heavy atom. The van der Waals surface area contributed by atoms with Crippen LogP contribution in [0.4, 0.5) is 10.1 Å². The summed E-state index contributed by atoms with van der Waals surface area (Å²) >= 11 is 0. The molecule has 3 nitrogen and oxygen atoms in total. The van der Waals surface area contributed by atoms with Gasteiger partial charge in [-0.15, -0.1) is 0 Å². The summed E-state index contributed by atoms with van der Waals surface area (Å²) in [4.78, 5) is 0. The summed E-state index contributed by atoms with van der Waals surface area (Å²) in [6.07, 6.45) is 0.524. The Bertz CT molecular complexity index is 258. The molecule has 0 aliphatic rings. The van der Waals surface area contributed by atoms with Gasteiger partial charge in [-0.3, -0.25) is 0 Å². The minimum atomic E-state index is -0.418. The van der Waals surface area contributed by atoms with Crippen molar-refractivity contribution in [3.8, 4) is 5.75 Å². The lowest BCUT2D eigenvalue weighted by molar-refractivity contribution is 0.233. The third-order valence-electron chi connectivity index (χ3n) is 1.46. The summed E-state index contributed by atoms with van der Waals surface area (Å²) < 4.78 is 17.9. The van der Waals surface area contributed by atoms with E-state index >= 15 is 0 Å². The molecule has 0 fully saturated rings. The molecule has 0 aliphatic heterocycles. The molecule has 0 radical (unpaired) electrons. The van der Waals surface area contributed by atoms with Crippen molar-refractivity contribution in [1.29, 1.82) is 0 Å². The molecule has 0 amide bonds. The Hall–Kier alpha value is -1.29. The van der Waals surface area contributed by atoms with Crippen molar-refractivity contribution in [3.63, 3.8) is 0 Å². The van der Waals surface area contributed by atoms with E-state index in [1.807, 2.05) is 0 Å². The third-order valence-corrected chi connectivity index (χ3v) is 1.46. The Labute approximate surface area is 75.9 Å². The number of nitrogen functional groups attached to an aromatic ring is 1. The molecule has 3 N–H and O–H groups in total. The second kappa shape index (κ2) is 4.67. The number of aliphatic hydroxyl groups excluding tert-OH is 1. The van der Waals surface area contributed by atoms with E-state index in [0.29, 0.717) is 24.5 Å². The first-order chi connectivity index (χ1) is 6.22. The maximum atomic E-state index is 12.7. The minimum Gasteiger partial charge on any atom is -0.493 e. The zero-order valence-electron chi connectivity index (χ0n) is 7.16. The number of aliphatic hydroxyl groups is 1. The lowest BCUT2D eigenvalue weighted by Gasteiger charge is -2.05. The summed E-state index contributed by atoms with van der Waals surface area (Å²) in [5, 5.41) is 8.47. The topological polar surface area (TPSA) is 55.5 Å². The molecule has 0 saturated heterocycles. The Balaban J connectivity index is 2.56. The maximum Gasteiger partial charge on any atom is 0.128 e. The maximum absolute atomic E-state index is 12.7. The van der Waals surface area contributed by atoms with Crippen LogP contribution in [0.5, 0.6) is 5.75 Å². The molecule has 0 unspecified atom stereocenters. The highest BCUT2D eigenvalue weighted by Crippen LogP contribution is 2.17. The van der Waals surface area contributed by atoms with E-state index in [0.717, 1.165) is 0 Å². The number of benzene rings is 1. The first kappa shape index (κ1) is 9.80. The fourth-order valence-corrected chi connectivity index (χ4v) is 0.922. The van der Waals surface area contributed by atoms with Crippen molar-refractivity contribution in [1.82, 2.24) is 0 Å². The predicted molar refractivity (Wildman–Crippen MR) is 48.0 cm³/mol. The molecule has 0 atom stereocenters. The van der Waals surface area contributed by atoms with Crippen LogP contribution in [0.2, 0.25) is 0 Å². The van der Waals surface area contributed by atoms with Crippen LogP contribution < -0.4 is 10.5 Å². The molecule has 0 heterocycles. The number of ether oxygens (including phenoxy) is 1. The van der Waals surface area contributed by atoms with Crippen molar-refractivity contribution in [2.75, 3.05) is 18.9 Å². The Morgan fingerprint density at radius 1 is 1.38 bits per heavy atom. The molecular weight excluding hydrogens is 173 g/mol. The fourth-order valence-electron chi connectivity index (χ4n) is 0.922. The molecule has 13 heavy (non-hydrogen) atoms. The molecule has 1 aromatic rings. The van der Waals surface area contributed by atoms with Crippen molar-refractivity contribution in [2.45, 2.75) is 6.42 Å². The molecular formula is C9H12FNO2. The van der Waals surface area contributed by atoms with Gasteiger partial charge >= 0.3 is 0 Å². The third kappa shape index (κ3) is 3.29. The summed E-state index contributed by atoms with van der Waals surface area (Å²) in [6.45, 7) is 0.421. The van der Waals surface area contributed by atoms with Gasteiger partial charge in [0, 0.05) is 30.8 Å². The molecule has 0 bridgehead atoms. The molecule has 1 rings (SSSR count). The van der Waals surface area contributed by atoms with Crippen molar-refractivity contribution >= 4 is 5.69 Å². The first-order valence-electron chi connectivity index (χ1n) is 4.02. The lowest BCUT2D eigenvalue weighted by Crippen LogP contribution is -2.00. The minimum absolute atomic E-state index is 0.0603. The number of hydrogen-bond donors (Lipinski definition) is 2. The normalized spacial score (nSPS) is 10.0. The fraction of sp³-hybridized carbons (Fsp3) is 0.333. The van der Waals surface area contributed by atoms with E-state index in [-0.39, 0.29) is 6.61 Å². The number of anilines is 1. The number of halogens is 1. The van der Waals surface area contributed by atoms with Crippen molar-refractivity contribution < 1.29 is 14.2 Å². The molecule has 4 heteroatoms. The molecule has 0 saturated carbocycles. The van der Waals surface area contributed by atoms with Gasteiger partial charge in [-0.1, -0.05) is 0 Å². The molecule has 0 aliphatic carbocycles. The van der Waals surface area contributed by atoms with Gasteiger partial charge in [0.15, 0.2) is 0 Å². The van der Waals surface area contributed by atoms with E-state index in [1.165, 1.54) is 12.1 Å². The van der Waals surface area contributed by atoms with Crippen LogP contribution in [-0.4, -0.2) is 18.3 Å². The van der Waals surface area contributed by atoms with Crippen LogP contribution in [0.1, 0.15) is 6.42 Å². The van der Waals surface area contributed by atoms with E-state index in [2.05, 4.69) is 0 Å². The van der Waals surface area contributed by atoms with Gasteiger partial charge in [-0.25, -0.2) is 4.39 Å². The van der Waals surface area contributed by atoms with Crippen molar-refractivity contribution in [2.24, 2.45) is 0 Å². The van der Waals surface area contributed by atoms with Crippen LogP contribution in [0.25, 0.3) is 0 Å². The summed E-state index contributed by atoms with van der Waals surface area (Å²) in [6, 6.07) is 4.02. The second-order valence-electron chi connectivity index (χ2n) is 2.65. The van der Waals surface area contributed by atoms with Crippen LogP contribution in [0.15, 0.2) is 18.2 Å².